The minimum Gasteiger partial charge on any atom is -0.481 e. The van der Waals surface area contributed by atoms with E-state index in [1.807, 2.05) is 19.1 Å². The molecular weight excluding hydrogens is 392 g/mol. The van der Waals surface area contributed by atoms with Crippen LogP contribution in [0.4, 0.5) is 0 Å². The lowest BCUT2D eigenvalue weighted by Crippen LogP contribution is -2.47. The Morgan fingerprint density at radius 2 is 2.06 bits per heavy atom. The summed E-state index contributed by atoms with van der Waals surface area (Å²) in [7, 11) is 0. The third-order valence-corrected chi connectivity index (χ3v) is 6.79. The van der Waals surface area contributed by atoms with E-state index >= 15 is 0 Å². The first-order valence-corrected chi connectivity index (χ1v) is 11.4. The number of unbranched alkanes of at least 4 members (excludes halogenated alkanes) is 3. The predicted molar refractivity (Wildman–Crippen MR) is 121 cm³/mol. The van der Waals surface area contributed by atoms with E-state index in [0.717, 1.165) is 24.7 Å². The summed E-state index contributed by atoms with van der Waals surface area (Å²) < 4.78 is 5.84. The van der Waals surface area contributed by atoms with Crippen molar-refractivity contribution in [2.24, 2.45) is 17.3 Å². The van der Waals surface area contributed by atoms with Gasteiger partial charge in [0.1, 0.15) is 12.4 Å². The third-order valence-electron chi connectivity index (χ3n) is 6.79. The minimum atomic E-state index is -0.847. The zero-order chi connectivity index (χ0) is 23.0. The highest BCUT2D eigenvalue weighted by atomic mass is 16.5. The van der Waals surface area contributed by atoms with Gasteiger partial charge in [-0.3, -0.25) is 9.59 Å². The molecule has 0 aliphatic heterocycles. The Bertz CT molecular complexity index is 788. The lowest BCUT2D eigenvalue weighted by atomic mass is 9.56. The van der Waals surface area contributed by atoms with Crippen LogP contribution in [0.15, 0.2) is 47.6 Å². The number of carbonyl (C=O) groups excluding carboxylic acids is 2. The molecule has 0 saturated heterocycles. The lowest BCUT2D eigenvalue weighted by Gasteiger charge is -2.48. The molecule has 0 aromatic heterocycles. The number of ether oxygens (including phenoxy) is 1. The molecular formula is C26H36O5. The molecule has 5 nitrogen and oxygen atoms in total. The summed E-state index contributed by atoms with van der Waals surface area (Å²) in [5.74, 6) is -1.87. The highest BCUT2D eigenvalue weighted by Crippen LogP contribution is 2.54. The number of hydrogen-bond acceptors (Lipinski definition) is 4. The normalized spacial score (nSPS) is 28.5. The fourth-order valence-corrected chi connectivity index (χ4v) is 4.86. The van der Waals surface area contributed by atoms with E-state index in [-0.39, 0.29) is 11.9 Å². The molecule has 1 saturated carbocycles. The van der Waals surface area contributed by atoms with Gasteiger partial charge in [-0.2, -0.15) is 0 Å². The van der Waals surface area contributed by atoms with Gasteiger partial charge in [0, 0.05) is 11.0 Å². The zero-order valence-corrected chi connectivity index (χ0v) is 19.1. The summed E-state index contributed by atoms with van der Waals surface area (Å²) in [6, 6.07) is 0. The van der Waals surface area contributed by atoms with E-state index in [1.165, 1.54) is 12.8 Å². The number of rotatable bonds is 10. The van der Waals surface area contributed by atoms with Crippen LogP contribution in [-0.4, -0.2) is 29.4 Å². The number of allylic oxidation sites excluding steroid dienone is 5. The number of esters is 1. The van der Waals surface area contributed by atoms with Crippen LogP contribution in [0, 0.1) is 17.3 Å². The molecule has 2 aliphatic carbocycles. The maximum atomic E-state index is 12.7. The van der Waals surface area contributed by atoms with E-state index < -0.39 is 23.4 Å². The van der Waals surface area contributed by atoms with Crippen LogP contribution >= 0.6 is 0 Å². The van der Waals surface area contributed by atoms with Crippen molar-refractivity contribution in [1.82, 2.24) is 0 Å². The van der Waals surface area contributed by atoms with Crippen LogP contribution < -0.4 is 0 Å². The first-order chi connectivity index (χ1) is 14.7. The van der Waals surface area contributed by atoms with Gasteiger partial charge in [0.2, 0.25) is 0 Å². The molecule has 5 heteroatoms. The van der Waals surface area contributed by atoms with Crippen molar-refractivity contribution in [2.75, 3.05) is 0 Å². The van der Waals surface area contributed by atoms with E-state index in [0.29, 0.717) is 36.8 Å². The number of aldehydes is 1. The van der Waals surface area contributed by atoms with Gasteiger partial charge >= 0.3 is 11.9 Å². The smallest absolute Gasteiger partial charge is 0.334 e. The highest BCUT2D eigenvalue weighted by molar-refractivity contribution is 5.88. The Kier molecular flexibility index (Phi) is 9.02. The molecule has 0 bridgehead atoms. The Labute approximate surface area is 185 Å². The molecule has 0 aromatic rings. The number of hydrogen-bond donors (Lipinski definition) is 1. The van der Waals surface area contributed by atoms with Gasteiger partial charge in [-0.1, -0.05) is 57.6 Å². The third kappa shape index (κ3) is 6.05. The van der Waals surface area contributed by atoms with Crippen LogP contribution in [0.3, 0.4) is 0 Å². The molecule has 0 spiro atoms. The van der Waals surface area contributed by atoms with Crippen molar-refractivity contribution in [2.45, 2.75) is 78.2 Å². The molecule has 2 rings (SSSR count). The second-order valence-corrected chi connectivity index (χ2v) is 9.04. The van der Waals surface area contributed by atoms with Crippen molar-refractivity contribution in [3.05, 3.63) is 47.6 Å². The SMILES string of the molecule is C=C(C=O)[C@H]1CC=C2[C@H](OC(=O)/C(C)=C/C=C/CCCCC)CC[C@H](C(=O)O)[C@@]2(C)C1. The van der Waals surface area contributed by atoms with Gasteiger partial charge in [0.15, 0.2) is 0 Å². The Morgan fingerprint density at radius 1 is 1.32 bits per heavy atom. The van der Waals surface area contributed by atoms with Crippen LogP contribution in [0.5, 0.6) is 0 Å². The monoisotopic (exact) mass is 428 g/mol. The topological polar surface area (TPSA) is 80.7 Å². The summed E-state index contributed by atoms with van der Waals surface area (Å²) in [6.07, 6.45) is 14.6. The van der Waals surface area contributed by atoms with Crippen LogP contribution in [0.1, 0.15) is 72.1 Å². The van der Waals surface area contributed by atoms with Gasteiger partial charge in [-0.15, -0.1) is 0 Å². The summed E-state index contributed by atoms with van der Waals surface area (Å²) in [4.78, 5) is 35.8. The van der Waals surface area contributed by atoms with E-state index in [9.17, 15) is 19.5 Å². The fraction of sp³-hybridized carbons (Fsp3) is 0.577. The minimum absolute atomic E-state index is 0.0815. The number of carbonyl (C=O) groups is 3. The largest absolute Gasteiger partial charge is 0.481 e. The quantitative estimate of drug-likeness (QED) is 0.123. The zero-order valence-electron chi connectivity index (χ0n) is 19.1. The second-order valence-electron chi connectivity index (χ2n) is 9.04. The number of carboxylic acids is 1. The molecule has 31 heavy (non-hydrogen) atoms. The van der Waals surface area contributed by atoms with E-state index in [2.05, 4.69) is 19.6 Å². The van der Waals surface area contributed by atoms with Gasteiger partial charge in [-0.05, 0) is 62.5 Å². The molecule has 0 amide bonds. The molecule has 0 aromatic carbocycles. The Balaban J connectivity index is 2.14. The van der Waals surface area contributed by atoms with Crippen molar-refractivity contribution in [3.63, 3.8) is 0 Å². The lowest BCUT2D eigenvalue weighted by molar-refractivity contribution is -0.151. The second kappa shape index (κ2) is 11.3. The molecule has 2 aliphatic rings. The molecule has 1 fully saturated rings. The van der Waals surface area contributed by atoms with Crippen LogP contribution in [-0.2, 0) is 19.1 Å². The van der Waals surface area contributed by atoms with E-state index in [4.69, 9.17) is 4.74 Å². The predicted octanol–water partition coefficient (Wildman–Crippen LogP) is 5.57. The van der Waals surface area contributed by atoms with Crippen LogP contribution in [0.25, 0.3) is 0 Å². The molecule has 0 unspecified atom stereocenters. The maximum absolute atomic E-state index is 12.7. The van der Waals surface area contributed by atoms with E-state index in [1.54, 1.807) is 13.0 Å². The van der Waals surface area contributed by atoms with Crippen molar-refractivity contribution >= 4 is 18.2 Å². The molecule has 0 radical (unpaired) electrons. The van der Waals surface area contributed by atoms with Crippen LogP contribution in [0.2, 0.25) is 0 Å². The molecule has 170 valence electrons. The number of aliphatic carboxylic acids is 1. The van der Waals surface area contributed by atoms with Crippen molar-refractivity contribution in [1.29, 1.82) is 0 Å². The summed E-state index contributed by atoms with van der Waals surface area (Å²) in [5, 5.41) is 9.81. The molecule has 4 atom stereocenters. The Morgan fingerprint density at radius 3 is 2.71 bits per heavy atom. The molecule has 0 heterocycles. The average molecular weight is 429 g/mol. The first-order valence-electron chi connectivity index (χ1n) is 11.4. The van der Waals surface area contributed by atoms with Crippen molar-refractivity contribution < 1.29 is 24.2 Å². The average Bonchev–Trinajstić information content (AvgIpc) is 2.74. The van der Waals surface area contributed by atoms with Gasteiger partial charge < -0.3 is 9.84 Å². The summed E-state index contributed by atoms with van der Waals surface area (Å²) in [5.41, 5.74) is 1.22. The summed E-state index contributed by atoms with van der Waals surface area (Å²) in [6.45, 7) is 9.66. The fourth-order valence-electron chi connectivity index (χ4n) is 4.86. The maximum Gasteiger partial charge on any atom is 0.334 e. The number of carboxylic acid groups (broad SMARTS) is 1. The van der Waals surface area contributed by atoms with Gasteiger partial charge in [0.25, 0.3) is 0 Å². The van der Waals surface area contributed by atoms with Crippen molar-refractivity contribution in [3.8, 4) is 0 Å². The Hall–Kier alpha value is -2.43. The standard InChI is InChI=1S/C26H36O5/c1-5-6-7-8-9-10-11-18(2)25(30)31-23-15-14-22(24(28)29)26(4)16-20(19(3)17-27)12-13-21(23)26/h9-11,13,17,20,22-23H,3,5-8,12,14-16H2,1-2,4H3,(H,28,29)/b10-9+,18-11+/t20-,22+,23+,26-/m0/s1. The molecule has 1 N–H and O–H groups in total. The van der Waals surface area contributed by atoms with Gasteiger partial charge in [0.05, 0.1) is 5.92 Å². The first kappa shape index (κ1) is 24.8. The van der Waals surface area contributed by atoms with Gasteiger partial charge in [-0.25, -0.2) is 4.79 Å². The summed E-state index contributed by atoms with van der Waals surface area (Å²) >= 11 is 0. The number of fused-ring (bicyclic) bond motifs is 1. The highest BCUT2D eigenvalue weighted by Gasteiger charge is 2.51.